The summed E-state index contributed by atoms with van der Waals surface area (Å²) in [6.07, 6.45) is 1.63. The van der Waals surface area contributed by atoms with Crippen molar-refractivity contribution in [1.82, 2.24) is 5.32 Å². The summed E-state index contributed by atoms with van der Waals surface area (Å²) in [7, 11) is 0. The van der Waals surface area contributed by atoms with Gasteiger partial charge < -0.3 is 5.32 Å². The van der Waals surface area contributed by atoms with Crippen molar-refractivity contribution in [3.05, 3.63) is 35.6 Å². The van der Waals surface area contributed by atoms with Crippen LogP contribution in [-0.4, -0.2) is 18.2 Å². The van der Waals surface area contributed by atoms with E-state index in [1.54, 1.807) is 18.2 Å². The van der Waals surface area contributed by atoms with Crippen LogP contribution in [0.25, 0.3) is 0 Å². The largest absolute Gasteiger partial charge is 0.355 e. The minimum absolute atomic E-state index is 0.104. The van der Waals surface area contributed by atoms with E-state index >= 15 is 0 Å². The molecule has 0 spiro atoms. The third-order valence-corrected chi connectivity index (χ3v) is 3.33. The molecule has 0 saturated heterocycles. The van der Waals surface area contributed by atoms with Crippen molar-refractivity contribution in [2.75, 3.05) is 6.54 Å². The molecule has 1 saturated carbocycles. The Morgan fingerprint density at radius 2 is 2.00 bits per heavy atom. The van der Waals surface area contributed by atoms with Gasteiger partial charge in [0.05, 0.1) is 6.42 Å². The third kappa shape index (κ3) is 2.75. The highest BCUT2D eigenvalue weighted by Gasteiger charge is 2.45. The van der Waals surface area contributed by atoms with Crippen LogP contribution in [0, 0.1) is 5.82 Å². The minimum Gasteiger partial charge on any atom is -0.355 e. The van der Waals surface area contributed by atoms with Gasteiger partial charge in [-0.15, -0.1) is 0 Å². The summed E-state index contributed by atoms with van der Waals surface area (Å²) in [5.41, 5.74) is 0.394. The van der Waals surface area contributed by atoms with Crippen molar-refractivity contribution in [3.8, 4) is 0 Å². The van der Waals surface area contributed by atoms with Gasteiger partial charge in [-0.1, -0.05) is 18.2 Å². The molecule has 1 aromatic rings. The number of carbonyl (C=O) groups is 2. The quantitative estimate of drug-likeness (QED) is 0.811. The molecule has 3 nitrogen and oxygen atoms in total. The molecule has 2 rings (SSSR count). The second-order valence-electron chi connectivity index (χ2n) is 4.92. The van der Waals surface area contributed by atoms with Gasteiger partial charge in [-0.25, -0.2) is 4.39 Å². The van der Waals surface area contributed by atoms with E-state index in [2.05, 4.69) is 5.32 Å². The molecule has 4 heteroatoms. The second-order valence-corrected chi connectivity index (χ2v) is 4.92. The molecule has 0 heterocycles. The predicted molar refractivity (Wildman–Crippen MR) is 65.6 cm³/mol. The van der Waals surface area contributed by atoms with Crippen LogP contribution in [0.5, 0.6) is 0 Å². The van der Waals surface area contributed by atoms with Gasteiger partial charge in [-0.05, 0) is 31.4 Å². The number of halogens is 1. The first-order valence-corrected chi connectivity index (χ1v) is 6.05. The van der Waals surface area contributed by atoms with Crippen LogP contribution in [0.2, 0.25) is 0 Å². The molecule has 1 aromatic carbocycles. The molecule has 1 fully saturated rings. The first kappa shape index (κ1) is 12.7. The SMILES string of the molecule is CC(=O)CC(=O)NCC1(c2ccccc2F)CC1. The number of nitrogens with one attached hydrogen (secondary N) is 1. The summed E-state index contributed by atoms with van der Waals surface area (Å²) in [6.45, 7) is 1.78. The average Bonchev–Trinajstić information content (AvgIpc) is 3.07. The number of Topliss-reactive ketones (excluding diaryl/α,β-unsaturated/α-hetero) is 1. The van der Waals surface area contributed by atoms with Gasteiger partial charge in [-0.3, -0.25) is 9.59 Å². The zero-order valence-electron chi connectivity index (χ0n) is 10.3. The van der Waals surface area contributed by atoms with Crippen LogP contribution < -0.4 is 5.32 Å². The fraction of sp³-hybridized carbons (Fsp3) is 0.429. The van der Waals surface area contributed by atoms with Crippen molar-refractivity contribution in [2.45, 2.75) is 31.6 Å². The Morgan fingerprint density at radius 3 is 2.56 bits per heavy atom. The van der Waals surface area contributed by atoms with Gasteiger partial charge in [-0.2, -0.15) is 0 Å². The van der Waals surface area contributed by atoms with Gasteiger partial charge in [0, 0.05) is 12.0 Å². The molecule has 0 aliphatic heterocycles. The maximum atomic E-state index is 13.7. The summed E-state index contributed by atoms with van der Waals surface area (Å²) >= 11 is 0. The molecule has 0 bridgehead atoms. The summed E-state index contributed by atoms with van der Waals surface area (Å²) < 4.78 is 13.7. The molecule has 96 valence electrons. The van der Waals surface area contributed by atoms with Gasteiger partial charge in [0.15, 0.2) is 0 Å². The fourth-order valence-electron chi connectivity index (χ4n) is 2.14. The Bertz CT molecular complexity index is 480. The number of amides is 1. The van der Waals surface area contributed by atoms with E-state index in [1.165, 1.54) is 13.0 Å². The molecular weight excluding hydrogens is 233 g/mol. The third-order valence-electron chi connectivity index (χ3n) is 3.33. The number of rotatable bonds is 5. The summed E-state index contributed by atoms with van der Waals surface area (Å²) in [5, 5.41) is 2.72. The molecular formula is C14H16FNO2. The summed E-state index contributed by atoms with van der Waals surface area (Å²) in [5.74, 6) is -0.677. The molecule has 0 unspecified atom stereocenters. The Balaban J connectivity index is 1.99. The molecule has 0 radical (unpaired) electrons. The zero-order valence-corrected chi connectivity index (χ0v) is 10.3. The highest BCUT2D eigenvalue weighted by atomic mass is 19.1. The smallest absolute Gasteiger partial charge is 0.227 e. The van der Waals surface area contributed by atoms with E-state index in [1.807, 2.05) is 0 Å². The number of ketones is 1. The fourth-order valence-corrected chi connectivity index (χ4v) is 2.14. The lowest BCUT2D eigenvalue weighted by Crippen LogP contribution is -2.33. The number of hydrogen-bond acceptors (Lipinski definition) is 2. The van der Waals surface area contributed by atoms with E-state index in [4.69, 9.17) is 0 Å². The maximum absolute atomic E-state index is 13.7. The topological polar surface area (TPSA) is 46.2 Å². The van der Waals surface area contributed by atoms with Crippen molar-refractivity contribution in [2.24, 2.45) is 0 Å². The Kier molecular flexibility index (Phi) is 3.45. The second kappa shape index (κ2) is 4.88. The molecule has 18 heavy (non-hydrogen) atoms. The van der Waals surface area contributed by atoms with Gasteiger partial charge >= 0.3 is 0 Å². The van der Waals surface area contributed by atoms with Gasteiger partial charge in [0.25, 0.3) is 0 Å². The molecule has 1 aliphatic rings. The Labute approximate surface area is 105 Å². The van der Waals surface area contributed by atoms with Crippen molar-refractivity contribution < 1.29 is 14.0 Å². The van der Waals surface area contributed by atoms with E-state index in [0.29, 0.717) is 12.1 Å². The van der Waals surface area contributed by atoms with Crippen LogP contribution in [0.4, 0.5) is 4.39 Å². The number of benzene rings is 1. The van der Waals surface area contributed by atoms with Crippen LogP contribution in [-0.2, 0) is 15.0 Å². The lowest BCUT2D eigenvalue weighted by molar-refractivity contribution is -0.127. The molecule has 0 aromatic heterocycles. The minimum atomic E-state index is -0.287. The van der Waals surface area contributed by atoms with E-state index in [0.717, 1.165) is 12.8 Å². The summed E-state index contributed by atoms with van der Waals surface area (Å²) in [6, 6.07) is 6.66. The Hall–Kier alpha value is -1.71. The number of hydrogen-bond donors (Lipinski definition) is 1. The molecule has 1 N–H and O–H groups in total. The Morgan fingerprint density at radius 1 is 1.33 bits per heavy atom. The van der Waals surface area contributed by atoms with Crippen LogP contribution in [0.1, 0.15) is 31.7 Å². The monoisotopic (exact) mass is 249 g/mol. The zero-order chi connectivity index (χ0) is 13.2. The highest BCUT2D eigenvalue weighted by molar-refractivity contribution is 5.96. The van der Waals surface area contributed by atoms with Crippen molar-refractivity contribution >= 4 is 11.7 Å². The van der Waals surface area contributed by atoms with Crippen molar-refractivity contribution in [1.29, 1.82) is 0 Å². The molecule has 1 aliphatic carbocycles. The highest BCUT2D eigenvalue weighted by Crippen LogP contribution is 2.48. The van der Waals surface area contributed by atoms with E-state index in [9.17, 15) is 14.0 Å². The van der Waals surface area contributed by atoms with E-state index < -0.39 is 0 Å². The molecule has 1 amide bonds. The molecule has 0 atom stereocenters. The van der Waals surface area contributed by atoms with Gasteiger partial charge in [0.1, 0.15) is 11.6 Å². The first-order valence-electron chi connectivity index (χ1n) is 6.05. The van der Waals surface area contributed by atoms with Crippen LogP contribution in [0.15, 0.2) is 24.3 Å². The standard InChI is InChI=1S/C14H16FNO2/c1-10(17)8-13(18)16-9-14(6-7-14)11-4-2-3-5-12(11)15/h2-5H,6-9H2,1H3,(H,16,18). The lowest BCUT2D eigenvalue weighted by Gasteiger charge is -2.17. The lowest BCUT2D eigenvalue weighted by atomic mass is 9.95. The average molecular weight is 249 g/mol. The first-order chi connectivity index (χ1) is 8.53. The predicted octanol–water partition coefficient (Wildman–Crippen LogP) is 1.95. The number of carbonyl (C=O) groups excluding carboxylic acids is 2. The van der Waals surface area contributed by atoms with Crippen molar-refractivity contribution in [3.63, 3.8) is 0 Å². The summed E-state index contributed by atoms with van der Waals surface area (Å²) in [4.78, 5) is 22.2. The van der Waals surface area contributed by atoms with E-state index in [-0.39, 0.29) is 29.3 Å². The van der Waals surface area contributed by atoms with Crippen LogP contribution in [0.3, 0.4) is 0 Å². The maximum Gasteiger partial charge on any atom is 0.227 e. The van der Waals surface area contributed by atoms with Crippen LogP contribution >= 0.6 is 0 Å². The normalized spacial score (nSPS) is 16.1. The van der Waals surface area contributed by atoms with Gasteiger partial charge in [0.2, 0.25) is 5.91 Å².